The zero-order valence-electron chi connectivity index (χ0n) is 11.7. The van der Waals surface area contributed by atoms with E-state index in [1.54, 1.807) is 6.07 Å². The Hall–Kier alpha value is -0.770. The van der Waals surface area contributed by atoms with E-state index in [-0.39, 0.29) is 11.8 Å². The normalized spacial score (nSPS) is 34.1. The molecule has 2 saturated heterocycles. The summed E-state index contributed by atoms with van der Waals surface area (Å²) < 4.78 is 0. The predicted octanol–water partition coefficient (Wildman–Crippen LogP) is 2.77. The molecule has 0 radical (unpaired) electrons. The molecule has 1 saturated carbocycles. The maximum atomic E-state index is 12.6. The van der Waals surface area contributed by atoms with Crippen molar-refractivity contribution in [3.8, 4) is 0 Å². The van der Waals surface area contributed by atoms with Crippen LogP contribution in [0.15, 0.2) is 18.2 Å². The molecule has 1 aliphatic carbocycles. The average molecular weight is 325 g/mol. The van der Waals surface area contributed by atoms with Crippen LogP contribution in [0.5, 0.6) is 0 Å². The first-order chi connectivity index (χ1) is 10.1. The number of hydrogen-bond acceptors (Lipinski definition) is 2. The Morgan fingerprint density at radius 1 is 1.19 bits per heavy atom. The van der Waals surface area contributed by atoms with Crippen molar-refractivity contribution in [2.24, 2.45) is 17.8 Å². The number of halogens is 2. The second-order valence-electron chi connectivity index (χ2n) is 6.54. The van der Waals surface area contributed by atoms with Crippen molar-refractivity contribution >= 4 is 29.1 Å². The molecule has 3 aliphatic rings. The molecule has 3 fully saturated rings. The Bertz CT molecular complexity index is 580. The molecule has 1 amide bonds. The first kappa shape index (κ1) is 13.9. The molecular weight excluding hydrogens is 307 g/mol. The summed E-state index contributed by atoms with van der Waals surface area (Å²) in [5.41, 5.74) is 1.07. The van der Waals surface area contributed by atoms with E-state index in [1.807, 2.05) is 12.1 Å². The summed E-state index contributed by atoms with van der Waals surface area (Å²) in [6.45, 7) is 3.97. The van der Waals surface area contributed by atoms with Crippen molar-refractivity contribution in [1.82, 2.24) is 10.2 Å². The highest BCUT2D eigenvalue weighted by Gasteiger charge is 2.49. The summed E-state index contributed by atoms with van der Waals surface area (Å²) >= 11 is 12.2. The lowest BCUT2D eigenvalue weighted by Gasteiger charge is -2.17. The van der Waals surface area contributed by atoms with Gasteiger partial charge < -0.3 is 10.2 Å². The summed E-state index contributed by atoms with van der Waals surface area (Å²) in [7, 11) is 0. The van der Waals surface area contributed by atoms with Gasteiger partial charge in [-0.1, -0.05) is 29.3 Å². The zero-order valence-corrected chi connectivity index (χ0v) is 13.2. The van der Waals surface area contributed by atoms with Crippen LogP contribution in [-0.2, 0) is 4.79 Å². The Labute approximate surface area is 134 Å². The van der Waals surface area contributed by atoms with Gasteiger partial charge in [-0.05, 0) is 41.9 Å². The summed E-state index contributed by atoms with van der Waals surface area (Å²) in [5, 5.41) is 4.74. The Balaban J connectivity index is 1.43. The summed E-state index contributed by atoms with van der Waals surface area (Å²) in [6, 6.07) is 5.59. The van der Waals surface area contributed by atoms with Gasteiger partial charge in [0.15, 0.2) is 0 Å². The van der Waals surface area contributed by atoms with Gasteiger partial charge in [-0.15, -0.1) is 0 Å². The lowest BCUT2D eigenvalue weighted by Crippen LogP contribution is -2.33. The molecule has 2 aliphatic heterocycles. The minimum atomic E-state index is 0.121. The predicted molar refractivity (Wildman–Crippen MR) is 83.7 cm³/mol. The number of carbonyl (C=O) groups excluding carboxylic acids is 1. The van der Waals surface area contributed by atoms with Crippen LogP contribution in [0.2, 0.25) is 10.0 Å². The lowest BCUT2D eigenvalue weighted by molar-refractivity contribution is -0.131. The molecule has 21 heavy (non-hydrogen) atoms. The van der Waals surface area contributed by atoms with E-state index in [0.29, 0.717) is 27.8 Å². The Morgan fingerprint density at radius 2 is 1.90 bits per heavy atom. The molecule has 0 bridgehead atoms. The van der Waals surface area contributed by atoms with Crippen molar-refractivity contribution in [1.29, 1.82) is 0 Å². The van der Waals surface area contributed by atoms with E-state index in [1.165, 1.54) is 0 Å². The molecule has 0 spiro atoms. The smallest absolute Gasteiger partial charge is 0.226 e. The van der Waals surface area contributed by atoms with Crippen LogP contribution in [-0.4, -0.2) is 37.0 Å². The molecule has 4 atom stereocenters. The number of rotatable bonds is 2. The number of likely N-dealkylation sites (tertiary alicyclic amines) is 1. The van der Waals surface area contributed by atoms with Crippen LogP contribution < -0.4 is 5.32 Å². The maximum Gasteiger partial charge on any atom is 0.226 e. The molecule has 3 nitrogen and oxygen atoms in total. The fourth-order valence-corrected chi connectivity index (χ4v) is 4.43. The minimum absolute atomic E-state index is 0.121. The van der Waals surface area contributed by atoms with Gasteiger partial charge in [0.25, 0.3) is 0 Å². The molecule has 1 aromatic carbocycles. The molecule has 112 valence electrons. The van der Waals surface area contributed by atoms with Crippen molar-refractivity contribution in [2.75, 3.05) is 26.2 Å². The van der Waals surface area contributed by atoms with Crippen LogP contribution in [0.3, 0.4) is 0 Å². The molecule has 2 unspecified atom stereocenters. The second kappa shape index (κ2) is 5.15. The number of amides is 1. The van der Waals surface area contributed by atoms with Gasteiger partial charge >= 0.3 is 0 Å². The third-order valence-corrected chi connectivity index (χ3v) is 5.73. The molecule has 1 N–H and O–H groups in total. The van der Waals surface area contributed by atoms with E-state index in [4.69, 9.17) is 23.2 Å². The van der Waals surface area contributed by atoms with Crippen LogP contribution in [0.25, 0.3) is 0 Å². The third kappa shape index (κ3) is 2.45. The lowest BCUT2D eigenvalue weighted by atomic mass is 10.0. The Morgan fingerprint density at radius 3 is 2.57 bits per heavy atom. The van der Waals surface area contributed by atoms with Crippen LogP contribution in [0.1, 0.15) is 17.9 Å². The number of fused-ring (bicyclic) bond motifs is 1. The molecule has 0 aromatic heterocycles. The van der Waals surface area contributed by atoms with Crippen LogP contribution in [0.4, 0.5) is 0 Å². The SMILES string of the molecule is O=C(C1CC1c1ccc(Cl)cc1Cl)N1C[C@H]2CNC[C@H]2C1. The Kier molecular flexibility index (Phi) is 3.40. The summed E-state index contributed by atoms with van der Waals surface area (Å²) in [5.74, 6) is 2.03. The molecule has 1 aromatic rings. The van der Waals surface area contributed by atoms with Crippen molar-refractivity contribution in [3.63, 3.8) is 0 Å². The highest BCUT2D eigenvalue weighted by molar-refractivity contribution is 6.35. The number of benzene rings is 1. The fraction of sp³-hybridized carbons (Fsp3) is 0.562. The molecule has 5 heteroatoms. The van der Waals surface area contributed by atoms with Crippen molar-refractivity contribution < 1.29 is 4.79 Å². The van der Waals surface area contributed by atoms with E-state index in [2.05, 4.69) is 10.2 Å². The monoisotopic (exact) mass is 324 g/mol. The number of nitrogens with zero attached hydrogens (tertiary/aromatic N) is 1. The molecule has 4 rings (SSSR count). The van der Waals surface area contributed by atoms with Crippen molar-refractivity contribution in [3.05, 3.63) is 33.8 Å². The first-order valence-corrected chi connectivity index (χ1v) is 8.33. The van der Waals surface area contributed by atoms with Gasteiger partial charge in [0, 0.05) is 42.1 Å². The second-order valence-corrected chi connectivity index (χ2v) is 7.38. The fourth-order valence-electron chi connectivity index (χ4n) is 3.88. The van der Waals surface area contributed by atoms with E-state index in [0.717, 1.165) is 38.2 Å². The number of hydrogen-bond donors (Lipinski definition) is 1. The van der Waals surface area contributed by atoms with Crippen LogP contribution in [0, 0.1) is 17.8 Å². The van der Waals surface area contributed by atoms with Gasteiger partial charge in [-0.25, -0.2) is 0 Å². The third-order valence-electron chi connectivity index (χ3n) is 5.17. The maximum absolute atomic E-state index is 12.6. The quantitative estimate of drug-likeness (QED) is 0.907. The number of nitrogens with one attached hydrogen (secondary N) is 1. The van der Waals surface area contributed by atoms with E-state index >= 15 is 0 Å². The van der Waals surface area contributed by atoms with Gasteiger partial charge in [0.2, 0.25) is 5.91 Å². The summed E-state index contributed by atoms with van der Waals surface area (Å²) in [4.78, 5) is 14.7. The van der Waals surface area contributed by atoms with E-state index < -0.39 is 0 Å². The van der Waals surface area contributed by atoms with Gasteiger partial charge in [0.1, 0.15) is 0 Å². The average Bonchev–Trinajstić information content (AvgIpc) is 2.91. The van der Waals surface area contributed by atoms with E-state index in [9.17, 15) is 4.79 Å². The van der Waals surface area contributed by atoms with Gasteiger partial charge in [-0.2, -0.15) is 0 Å². The molecular formula is C16H18Cl2N2O. The highest BCUT2D eigenvalue weighted by atomic mass is 35.5. The van der Waals surface area contributed by atoms with Gasteiger partial charge in [-0.3, -0.25) is 4.79 Å². The summed E-state index contributed by atoms with van der Waals surface area (Å²) in [6.07, 6.45) is 0.921. The first-order valence-electron chi connectivity index (χ1n) is 7.58. The largest absolute Gasteiger partial charge is 0.342 e. The number of carbonyl (C=O) groups is 1. The van der Waals surface area contributed by atoms with Crippen LogP contribution >= 0.6 is 23.2 Å². The minimum Gasteiger partial charge on any atom is -0.342 e. The highest BCUT2D eigenvalue weighted by Crippen LogP contribution is 2.51. The topological polar surface area (TPSA) is 32.3 Å². The standard InChI is InChI=1S/C16H18Cl2N2O/c17-11-1-2-12(15(18)3-11)13-4-14(13)16(21)20-7-9-5-19-6-10(9)8-20/h1-3,9-10,13-14,19H,4-8H2/t9-,10+,13?,14?. The zero-order chi connectivity index (χ0) is 14.6. The molecule has 2 heterocycles. The van der Waals surface area contributed by atoms with Gasteiger partial charge in [0.05, 0.1) is 0 Å². The van der Waals surface area contributed by atoms with Crippen molar-refractivity contribution in [2.45, 2.75) is 12.3 Å².